The second-order valence-corrected chi connectivity index (χ2v) is 6.35. The molecule has 1 saturated heterocycles. The number of benzene rings is 1. The quantitative estimate of drug-likeness (QED) is 0.598. The second-order valence-electron chi connectivity index (χ2n) is 6.35. The fraction of sp³-hybridized carbons (Fsp3) is 0.389. The van der Waals surface area contributed by atoms with E-state index in [-0.39, 0.29) is 25.2 Å². The molecule has 136 valence electrons. The van der Waals surface area contributed by atoms with Crippen molar-refractivity contribution in [1.29, 1.82) is 0 Å². The molecule has 1 unspecified atom stereocenters. The van der Waals surface area contributed by atoms with Crippen LogP contribution in [0.3, 0.4) is 0 Å². The van der Waals surface area contributed by atoms with Crippen molar-refractivity contribution >= 4 is 35.1 Å². The van der Waals surface area contributed by atoms with Crippen LogP contribution in [0.5, 0.6) is 0 Å². The summed E-state index contributed by atoms with van der Waals surface area (Å²) >= 11 is 0. The Morgan fingerprint density at radius 3 is 2.42 bits per heavy atom. The van der Waals surface area contributed by atoms with Crippen molar-refractivity contribution in [1.82, 2.24) is 5.01 Å². The summed E-state index contributed by atoms with van der Waals surface area (Å²) in [5.41, 5.74) is -0.123. The van der Waals surface area contributed by atoms with Gasteiger partial charge in [-0.25, -0.2) is 14.7 Å². The van der Waals surface area contributed by atoms with E-state index in [0.29, 0.717) is 5.69 Å². The van der Waals surface area contributed by atoms with Crippen molar-refractivity contribution in [3.63, 3.8) is 0 Å². The van der Waals surface area contributed by atoms with E-state index in [1.807, 2.05) is 6.92 Å². The highest BCUT2D eigenvalue weighted by Gasteiger charge is 2.61. The van der Waals surface area contributed by atoms with E-state index in [9.17, 15) is 19.2 Å². The van der Waals surface area contributed by atoms with Gasteiger partial charge in [0.05, 0.1) is 18.7 Å². The number of rotatable bonds is 3. The molecule has 2 aliphatic rings. The lowest BCUT2D eigenvalue weighted by atomic mass is 9.91. The van der Waals surface area contributed by atoms with Gasteiger partial charge in [0.1, 0.15) is 5.71 Å². The van der Waals surface area contributed by atoms with E-state index in [1.165, 1.54) is 6.92 Å². The minimum atomic E-state index is -1.50. The van der Waals surface area contributed by atoms with Crippen LogP contribution in [-0.4, -0.2) is 46.6 Å². The van der Waals surface area contributed by atoms with Gasteiger partial charge in [0.25, 0.3) is 5.91 Å². The summed E-state index contributed by atoms with van der Waals surface area (Å²) in [6, 6.07) is 6.92. The fourth-order valence-corrected chi connectivity index (χ4v) is 3.29. The average Bonchev–Trinajstić information content (AvgIpc) is 3.08. The van der Waals surface area contributed by atoms with Gasteiger partial charge in [-0.05, 0) is 26.0 Å². The van der Waals surface area contributed by atoms with Crippen LogP contribution in [0, 0.1) is 6.92 Å². The molecule has 3 rings (SSSR count). The Kier molecular flexibility index (Phi) is 4.35. The Morgan fingerprint density at radius 2 is 1.85 bits per heavy atom. The Hall–Kier alpha value is -3.03. The standard InChI is InChI=1S/C18H19N3O5/c1-4-26-16(24)14-9-18(21(19-14)12(3)22)10-15(23)20(17(18)25)13-7-5-11(2)6-8-13/h5-8H,4,9-10H2,1-3H3. The molecule has 0 N–H and O–H groups in total. The number of imide groups is 1. The summed E-state index contributed by atoms with van der Waals surface area (Å²) in [7, 11) is 0. The summed E-state index contributed by atoms with van der Waals surface area (Å²) in [4.78, 5) is 50.9. The SMILES string of the molecule is CCOC(=O)C1=NN(C(C)=O)C2(CC(=O)N(c3ccc(C)cc3)C2=O)C1. The van der Waals surface area contributed by atoms with Gasteiger partial charge in [-0.2, -0.15) is 5.10 Å². The molecule has 8 nitrogen and oxygen atoms in total. The molecular weight excluding hydrogens is 338 g/mol. The molecule has 1 fully saturated rings. The maximum atomic E-state index is 13.2. The first-order chi connectivity index (χ1) is 12.3. The molecular formula is C18H19N3O5. The summed E-state index contributed by atoms with van der Waals surface area (Å²) in [6.07, 6.45) is -0.371. The van der Waals surface area contributed by atoms with E-state index in [1.54, 1.807) is 31.2 Å². The van der Waals surface area contributed by atoms with Crippen molar-refractivity contribution in [2.24, 2.45) is 5.10 Å². The number of carbonyl (C=O) groups is 4. The van der Waals surface area contributed by atoms with E-state index in [2.05, 4.69) is 5.10 Å². The number of hydrogen-bond donors (Lipinski definition) is 0. The van der Waals surface area contributed by atoms with Gasteiger partial charge in [0, 0.05) is 13.3 Å². The third-order valence-corrected chi connectivity index (χ3v) is 4.48. The summed E-state index contributed by atoms with van der Waals surface area (Å²) in [5.74, 6) is -2.21. The zero-order valence-corrected chi connectivity index (χ0v) is 14.8. The molecule has 1 spiro atoms. The average molecular weight is 357 g/mol. The van der Waals surface area contributed by atoms with Gasteiger partial charge in [-0.3, -0.25) is 14.4 Å². The number of aryl methyl sites for hydroxylation is 1. The van der Waals surface area contributed by atoms with Crippen molar-refractivity contribution in [3.8, 4) is 0 Å². The molecule has 3 amide bonds. The maximum Gasteiger partial charge on any atom is 0.354 e. The van der Waals surface area contributed by atoms with Gasteiger partial charge < -0.3 is 4.74 Å². The monoisotopic (exact) mass is 357 g/mol. The van der Waals surface area contributed by atoms with E-state index >= 15 is 0 Å². The Morgan fingerprint density at radius 1 is 1.19 bits per heavy atom. The van der Waals surface area contributed by atoms with Gasteiger partial charge in [0.15, 0.2) is 5.54 Å². The number of anilines is 1. The Balaban J connectivity index is 1.98. The lowest BCUT2D eigenvalue weighted by Crippen LogP contribution is -2.51. The molecule has 1 aromatic carbocycles. The normalized spacial score (nSPS) is 22.2. The molecule has 2 heterocycles. The third kappa shape index (κ3) is 2.67. The van der Waals surface area contributed by atoms with Gasteiger partial charge in [-0.1, -0.05) is 17.7 Å². The van der Waals surface area contributed by atoms with Crippen LogP contribution in [0.4, 0.5) is 5.69 Å². The van der Waals surface area contributed by atoms with Crippen molar-refractivity contribution in [3.05, 3.63) is 29.8 Å². The van der Waals surface area contributed by atoms with Gasteiger partial charge in [-0.15, -0.1) is 0 Å². The second kappa shape index (κ2) is 6.36. The zero-order chi connectivity index (χ0) is 19.1. The molecule has 1 aromatic rings. The first-order valence-electron chi connectivity index (χ1n) is 8.29. The number of amides is 3. The molecule has 0 aliphatic carbocycles. The van der Waals surface area contributed by atoms with Crippen molar-refractivity contribution in [2.75, 3.05) is 11.5 Å². The molecule has 0 radical (unpaired) electrons. The largest absolute Gasteiger partial charge is 0.461 e. The molecule has 0 aromatic heterocycles. The predicted molar refractivity (Wildman–Crippen MR) is 92.2 cm³/mol. The van der Waals surface area contributed by atoms with E-state index < -0.39 is 29.2 Å². The first kappa shape index (κ1) is 17.8. The number of ether oxygens (including phenoxy) is 1. The lowest BCUT2D eigenvalue weighted by Gasteiger charge is -2.28. The Bertz CT molecular complexity index is 830. The molecule has 26 heavy (non-hydrogen) atoms. The van der Waals surface area contributed by atoms with Crippen molar-refractivity contribution < 1.29 is 23.9 Å². The van der Waals surface area contributed by atoms with Gasteiger partial charge >= 0.3 is 5.97 Å². The number of nitrogens with zero attached hydrogens (tertiary/aromatic N) is 3. The van der Waals surface area contributed by atoms with Crippen LogP contribution >= 0.6 is 0 Å². The number of esters is 1. The minimum absolute atomic E-state index is 0.0334. The number of hydrazone groups is 1. The molecule has 0 saturated carbocycles. The topological polar surface area (TPSA) is 96.3 Å². The van der Waals surface area contributed by atoms with Crippen LogP contribution in [-0.2, 0) is 23.9 Å². The third-order valence-electron chi connectivity index (χ3n) is 4.48. The highest BCUT2D eigenvalue weighted by atomic mass is 16.5. The highest BCUT2D eigenvalue weighted by Crippen LogP contribution is 2.40. The summed E-state index contributed by atoms with van der Waals surface area (Å²) in [5, 5.41) is 4.95. The lowest BCUT2D eigenvalue weighted by molar-refractivity contribution is -0.141. The zero-order valence-electron chi connectivity index (χ0n) is 14.8. The van der Waals surface area contributed by atoms with E-state index in [0.717, 1.165) is 15.5 Å². The number of hydrogen-bond acceptors (Lipinski definition) is 6. The number of carbonyl (C=O) groups excluding carboxylic acids is 4. The van der Waals surface area contributed by atoms with Crippen LogP contribution in [0.15, 0.2) is 29.4 Å². The molecule has 2 aliphatic heterocycles. The smallest absolute Gasteiger partial charge is 0.354 e. The first-order valence-corrected chi connectivity index (χ1v) is 8.29. The predicted octanol–water partition coefficient (Wildman–Crippen LogP) is 1.17. The van der Waals surface area contributed by atoms with Crippen molar-refractivity contribution in [2.45, 2.75) is 39.2 Å². The maximum absolute atomic E-state index is 13.2. The van der Waals surface area contributed by atoms with Crippen LogP contribution in [0.2, 0.25) is 0 Å². The highest BCUT2D eigenvalue weighted by molar-refractivity contribution is 6.39. The molecule has 8 heteroatoms. The fourth-order valence-electron chi connectivity index (χ4n) is 3.29. The molecule has 0 bridgehead atoms. The minimum Gasteiger partial charge on any atom is -0.461 e. The van der Waals surface area contributed by atoms with Crippen LogP contribution in [0.25, 0.3) is 0 Å². The van der Waals surface area contributed by atoms with Crippen LogP contribution < -0.4 is 4.90 Å². The van der Waals surface area contributed by atoms with Crippen LogP contribution in [0.1, 0.15) is 32.3 Å². The Labute approximate surface area is 150 Å². The molecule has 1 atom stereocenters. The summed E-state index contributed by atoms with van der Waals surface area (Å²) in [6.45, 7) is 4.93. The van der Waals surface area contributed by atoms with Gasteiger partial charge in [0.2, 0.25) is 11.8 Å². The van der Waals surface area contributed by atoms with E-state index in [4.69, 9.17) is 4.74 Å². The summed E-state index contributed by atoms with van der Waals surface area (Å²) < 4.78 is 4.93.